The van der Waals surface area contributed by atoms with Crippen LogP contribution in [-0.2, 0) is 17.9 Å². The molecule has 0 unspecified atom stereocenters. The minimum absolute atomic E-state index is 0.0533. The van der Waals surface area contributed by atoms with Gasteiger partial charge in [0.2, 0.25) is 5.91 Å². The molecule has 2 aromatic carbocycles. The molecule has 31 heavy (non-hydrogen) atoms. The first-order valence-electron chi connectivity index (χ1n) is 11.1. The first-order chi connectivity index (χ1) is 14.9. The van der Waals surface area contributed by atoms with E-state index in [0.29, 0.717) is 13.2 Å². The van der Waals surface area contributed by atoms with Crippen LogP contribution >= 0.6 is 11.6 Å². The van der Waals surface area contributed by atoms with Crippen molar-refractivity contribution in [2.45, 2.75) is 60.0 Å². The molecule has 3 aromatic rings. The summed E-state index contributed by atoms with van der Waals surface area (Å²) in [6.07, 6.45) is 2.52. The number of halogens is 1. The molecule has 0 aliphatic heterocycles. The minimum Gasteiger partial charge on any atom is -0.494 e. The highest BCUT2D eigenvalue weighted by Gasteiger charge is 2.16. The van der Waals surface area contributed by atoms with Crippen LogP contribution in [0, 0.1) is 19.8 Å². The first-order valence-corrected chi connectivity index (χ1v) is 11.4. The summed E-state index contributed by atoms with van der Waals surface area (Å²) in [5.74, 6) is 1.86. The third-order valence-electron chi connectivity index (χ3n) is 5.72. The average molecular weight is 442 g/mol. The summed E-state index contributed by atoms with van der Waals surface area (Å²) in [7, 11) is 0. The van der Waals surface area contributed by atoms with E-state index in [-0.39, 0.29) is 11.8 Å². The molecule has 0 fully saturated rings. The number of nitrogens with zero attached hydrogens (tertiary/aromatic N) is 2. The number of benzene rings is 2. The van der Waals surface area contributed by atoms with Gasteiger partial charge < -0.3 is 14.6 Å². The topological polar surface area (TPSA) is 56.2 Å². The number of nitrogens with one attached hydrogen (secondary N) is 1. The van der Waals surface area contributed by atoms with Crippen molar-refractivity contribution in [2.75, 3.05) is 6.61 Å². The van der Waals surface area contributed by atoms with Crippen molar-refractivity contribution < 1.29 is 9.53 Å². The van der Waals surface area contributed by atoms with Gasteiger partial charge in [-0.15, -0.1) is 0 Å². The maximum Gasteiger partial charge on any atom is 0.223 e. The molecule has 1 N–H and O–H groups in total. The zero-order chi connectivity index (χ0) is 22.4. The van der Waals surface area contributed by atoms with Crippen LogP contribution in [0.2, 0.25) is 5.02 Å². The third kappa shape index (κ3) is 5.59. The fourth-order valence-electron chi connectivity index (χ4n) is 3.88. The number of amides is 1. The summed E-state index contributed by atoms with van der Waals surface area (Å²) >= 11 is 6.25. The molecular weight excluding hydrogens is 410 g/mol. The molecular formula is C25H32ClN3O2. The van der Waals surface area contributed by atoms with E-state index >= 15 is 0 Å². The van der Waals surface area contributed by atoms with Gasteiger partial charge in [0.05, 0.1) is 24.2 Å². The first kappa shape index (κ1) is 23.1. The Morgan fingerprint density at radius 2 is 1.84 bits per heavy atom. The molecule has 0 saturated heterocycles. The SMILES string of the molecule is CCC(CC)C(=O)NCc1nc2ccccc2n1CCCOc1cc(C)c(Cl)c(C)c1. The predicted octanol–water partition coefficient (Wildman–Crippen LogP) is 5.83. The van der Waals surface area contributed by atoms with Crippen LogP contribution in [-0.4, -0.2) is 22.1 Å². The molecule has 0 spiro atoms. The van der Waals surface area contributed by atoms with Gasteiger partial charge in [0.1, 0.15) is 11.6 Å². The van der Waals surface area contributed by atoms with Crippen molar-refractivity contribution in [3.63, 3.8) is 0 Å². The van der Waals surface area contributed by atoms with Crippen molar-refractivity contribution in [2.24, 2.45) is 5.92 Å². The standard InChI is InChI=1S/C25H32ClN3O2/c1-5-19(6-2)25(30)27-16-23-28-21-10-7-8-11-22(21)29(23)12-9-13-31-20-14-17(3)24(26)18(4)15-20/h7-8,10-11,14-15,19H,5-6,9,12-13,16H2,1-4H3,(H,27,30). The number of aromatic nitrogens is 2. The molecule has 5 nitrogen and oxygen atoms in total. The second-order valence-corrected chi connectivity index (χ2v) is 8.35. The second-order valence-electron chi connectivity index (χ2n) is 7.97. The van der Waals surface area contributed by atoms with Crippen molar-refractivity contribution in [1.82, 2.24) is 14.9 Å². The van der Waals surface area contributed by atoms with Gasteiger partial charge in [-0.25, -0.2) is 4.98 Å². The summed E-state index contributed by atoms with van der Waals surface area (Å²) in [5, 5.41) is 3.86. The highest BCUT2D eigenvalue weighted by molar-refractivity contribution is 6.32. The van der Waals surface area contributed by atoms with E-state index in [0.717, 1.165) is 64.6 Å². The highest BCUT2D eigenvalue weighted by atomic mass is 35.5. The molecule has 0 bridgehead atoms. The number of hydrogen-bond acceptors (Lipinski definition) is 3. The Morgan fingerprint density at radius 3 is 2.52 bits per heavy atom. The largest absolute Gasteiger partial charge is 0.494 e. The van der Waals surface area contributed by atoms with Gasteiger partial charge in [-0.3, -0.25) is 4.79 Å². The Labute approximate surface area is 189 Å². The summed E-state index contributed by atoms with van der Waals surface area (Å²) < 4.78 is 8.15. The number of rotatable bonds is 10. The summed E-state index contributed by atoms with van der Waals surface area (Å²) in [5.41, 5.74) is 4.06. The van der Waals surface area contributed by atoms with Crippen molar-refractivity contribution in [1.29, 1.82) is 0 Å². The van der Waals surface area contributed by atoms with E-state index in [4.69, 9.17) is 21.3 Å². The monoisotopic (exact) mass is 441 g/mol. The number of ether oxygens (including phenoxy) is 1. The summed E-state index contributed by atoms with van der Waals surface area (Å²) in [6, 6.07) is 12.0. The number of carbonyl (C=O) groups excluding carboxylic acids is 1. The maximum absolute atomic E-state index is 12.4. The van der Waals surface area contributed by atoms with Crippen molar-refractivity contribution in [3.05, 3.63) is 58.4 Å². The van der Waals surface area contributed by atoms with Crippen LogP contribution in [0.3, 0.4) is 0 Å². The Kier molecular flexibility index (Phi) is 7.97. The molecule has 166 valence electrons. The lowest BCUT2D eigenvalue weighted by molar-refractivity contribution is -0.125. The quantitative estimate of drug-likeness (QED) is 0.403. The zero-order valence-electron chi connectivity index (χ0n) is 18.9. The second kappa shape index (κ2) is 10.7. The fourth-order valence-corrected chi connectivity index (χ4v) is 3.99. The van der Waals surface area contributed by atoms with E-state index < -0.39 is 0 Å². The van der Waals surface area contributed by atoms with E-state index in [1.807, 2.05) is 58.0 Å². The molecule has 1 amide bonds. The maximum atomic E-state index is 12.4. The lowest BCUT2D eigenvalue weighted by Gasteiger charge is -2.14. The average Bonchev–Trinajstić information content (AvgIpc) is 3.12. The fraction of sp³-hybridized carbons (Fsp3) is 0.440. The van der Waals surface area contributed by atoms with Crippen LogP contribution in [0.1, 0.15) is 50.1 Å². The van der Waals surface area contributed by atoms with E-state index in [9.17, 15) is 4.79 Å². The highest BCUT2D eigenvalue weighted by Crippen LogP contribution is 2.26. The summed E-state index contributed by atoms with van der Waals surface area (Å²) in [4.78, 5) is 17.2. The lowest BCUT2D eigenvalue weighted by atomic mass is 10.0. The Bertz CT molecular complexity index is 1020. The molecule has 0 saturated carbocycles. The number of aryl methyl sites for hydroxylation is 3. The Hall–Kier alpha value is -2.53. The van der Waals surface area contributed by atoms with Crippen LogP contribution in [0.5, 0.6) is 5.75 Å². The summed E-state index contributed by atoms with van der Waals surface area (Å²) in [6.45, 7) is 9.86. The molecule has 1 aromatic heterocycles. The molecule has 0 aliphatic carbocycles. The molecule has 0 radical (unpaired) electrons. The molecule has 3 rings (SSSR count). The smallest absolute Gasteiger partial charge is 0.223 e. The van der Waals surface area contributed by atoms with Gasteiger partial charge in [-0.1, -0.05) is 37.6 Å². The number of carbonyl (C=O) groups is 1. The normalized spacial score (nSPS) is 11.3. The number of para-hydroxylation sites is 2. The van der Waals surface area contributed by atoms with Gasteiger partial charge in [0, 0.05) is 17.5 Å². The molecule has 1 heterocycles. The lowest BCUT2D eigenvalue weighted by Crippen LogP contribution is -2.30. The molecule has 0 atom stereocenters. The number of fused-ring (bicyclic) bond motifs is 1. The van der Waals surface area contributed by atoms with Gasteiger partial charge in [0.25, 0.3) is 0 Å². The van der Waals surface area contributed by atoms with E-state index in [2.05, 4.69) is 16.0 Å². The van der Waals surface area contributed by atoms with Crippen LogP contribution < -0.4 is 10.1 Å². The van der Waals surface area contributed by atoms with Crippen molar-refractivity contribution >= 4 is 28.5 Å². The Balaban J connectivity index is 1.66. The van der Waals surface area contributed by atoms with E-state index in [1.165, 1.54) is 0 Å². The van der Waals surface area contributed by atoms with E-state index in [1.54, 1.807) is 0 Å². The molecule has 0 aliphatic rings. The van der Waals surface area contributed by atoms with Crippen LogP contribution in [0.15, 0.2) is 36.4 Å². The van der Waals surface area contributed by atoms with Crippen molar-refractivity contribution in [3.8, 4) is 5.75 Å². The Morgan fingerprint density at radius 1 is 1.16 bits per heavy atom. The van der Waals surface area contributed by atoms with Gasteiger partial charge in [0.15, 0.2) is 0 Å². The molecule has 6 heteroatoms. The van der Waals surface area contributed by atoms with Crippen LogP contribution in [0.4, 0.5) is 0 Å². The van der Waals surface area contributed by atoms with Gasteiger partial charge in [-0.05, 0) is 68.5 Å². The minimum atomic E-state index is 0.0533. The van der Waals surface area contributed by atoms with Crippen LogP contribution in [0.25, 0.3) is 11.0 Å². The number of imidazole rings is 1. The number of hydrogen-bond donors (Lipinski definition) is 1. The third-order valence-corrected chi connectivity index (χ3v) is 6.31. The van der Waals surface area contributed by atoms with Gasteiger partial charge >= 0.3 is 0 Å². The predicted molar refractivity (Wildman–Crippen MR) is 127 cm³/mol. The van der Waals surface area contributed by atoms with Gasteiger partial charge in [-0.2, -0.15) is 0 Å². The zero-order valence-corrected chi connectivity index (χ0v) is 19.6.